The summed E-state index contributed by atoms with van der Waals surface area (Å²) in [6, 6.07) is 8.37. The Morgan fingerprint density at radius 3 is 2.90 bits per heavy atom. The fourth-order valence-electron chi connectivity index (χ4n) is 3.84. The van der Waals surface area contributed by atoms with Crippen LogP contribution in [0, 0.1) is 0 Å². The first-order valence-corrected chi connectivity index (χ1v) is 9.95. The first kappa shape index (κ1) is 19.1. The summed E-state index contributed by atoms with van der Waals surface area (Å²) in [5.41, 5.74) is 2.99. The standard InChI is InChI=1S/C22H24N4O3/c1-3-19(21(27)24-15-8-6-9-16(12-15)29-2)26-13-23-20-17(22(26)28)11-14-7-4-5-10-18(14)25-20/h6,8-9,11-13,19H,3-5,7,10H2,1-2H3,(H,24,27)/t19-/m1/s1. The second-order valence-corrected chi connectivity index (χ2v) is 7.27. The number of ether oxygens (including phenoxy) is 1. The van der Waals surface area contributed by atoms with Crippen LogP contribution in [0.3, 0.4) is 0 Å². The smallest absolute Gasteiger partial charge is 0.263 e. The van der Waals surface area contributed by atoms with Crippen molar-refractivity contribution in [1.82, 2.24) is 14.5 Å². The largest absolute Gasteiger partial charge is 0.497 e. The number of anilines is 1. The number of aryl methyl sites for hydroxylation is 2. The molecule has 1 aliphatic carbocycles. The van der Waals surface area contributed by atoms with Gasteiger partial charge >= 0.3 is 0 Å². The molecule has 3 aromatic rings. The molecule has 0 saturated carbocycles. The van der Waals surface area contributed by atoms with Gasteiger partial charge in [-0.05, 0) is 55.9 Å². The molecule has 29 heavy (non-hydrogen) atoms. The van der Waals surface area contributed by atoms with Gasteiger partial charge in [0.1, 0.15) is 18.1 Å². The molecule has 7 nitrogen and oxygen atoms in total. The van der Waals surface area contributed by atoms with Gasteiger partial charge in [0.2, 0.25) is 5.91 Å². The minimum Gasteiger partial charge on any atom is -0.497 e. The Bertz CT molecular complexity index is 1120. The fourth-order valence-corrected chi connectivity index (χ4v) is 3.84. The Balaban J connectivity index is 1.68. The van der Waals surface area contributed by atoms with Crippen molar-refractivity contribution in [3.8, 4) is 5.75 Å². The summed E-state index contributed by atoms with van der Waals surface area (Å²) in [6.45, 7) is 1.87. The van der Waals surface area contributed by atoms with E-state index in [2.05, 4.69) is 15.3 Å². The van der Waals surface area contributed by atoms with Gasteiger partial charge in [-0.2, -0.15) is 0 Å². The van der Waals surface area contributed by atoms with E-state index >= 15 is 0 Å². The van der Waals surface area contributed by atoms with Crippen LogP contribution in [-0.2, 0) is 17.6 Å². The van der Waals surface area contributed by atoms with Gasteiger partial charge < -0.3 is 10.1 Å². The molecule has 0 bridgehead atoms. The lowest BCUT2D eigenvalue weighted by molar-refractivity contribution is -0.119. The van der Waals surface area contributed by atoms with Crippen LogP contribution in [0.15, 0.2) is 41.5 Å². The Morgan fingerprint density at radius 2 is 2.10 bits per heavy atom. The van der Waals surface area contributed by atoms with E-state index in [4.69, 9.17) is 4.74 Å². The number of nitrogens with zero attached hydrogens (tertiary/aromatic N) is 3. The van der Waals surface area contributed by atoms with E-state index in [1.807, 2.05) is 13.0 Å². The minimum atomic E-state index is -0.665. The number of benzene rings is 1. The number of aromatic nitrogens is 3. The highest BCUT2D eigenvalue weighted by Crippen LogP contribution is 2.23. The van der Waals surface area contributed by atoms with Crippen molar-refractivity contribution in [2.24, 2.45) is 0 Å². The maximum absolute atomic E-state index is 13.2. The van der Waals surface area contributed by atoms with E-state index in [1.54, 1.807) is 31.4 Å². The molecule has 0 spiro atoms. The third-order valence-corrected chi connectivity index (χ3v) is 5.41. The molecule has 1 amide bonds. The van der Waals surface area contributed by atoms with Crippen LogP contribution in [0.2, 0.25) is 0 Å². The molecular formula is C22H24N4O3. The highest BCUT2D eigenvalue weighted by Gasteiger charge is 2.22. The number of carbonyl (C=O) groups is 1. The van der Waals surface area contributed by atoms with Gasteiger partial charge in [-0.3, -0.25) is 14.2 Å². The predicted molar refractivity (Wildman–Crippen MR) is 111 cm³/mol. The van der Waals surface area contributed by atoms with Crippen LogP contribution in [0.1, 0.15) is 43.5 Å². The van der Waals surface area contributed by atoms with E-state index in [-0.39, 0.29) is 11.5 Å². The Hall–Kier alpha value is -3.22. The molecule has 0 radical (unpaired) electrons. The van der Waals surface area contributed by atoms with Crippen LogP contribution < -0.4 is 15.6 Å². The zero-order valence-electron chi connectivity index (χ0n) is 16.6. The van der Waals surface area contributed by atoms with E-state index in [9.17, 15) is 9.59 Å². The van der Waals surface area contributed by atoms with Crippen molar-refractivity contribution in [1.29, 1.82) is 0 Å². The lowest BCUT2D eigenvalue weighted by atomic mass is 9.95. The monoisotopic (exact) mass is 392 g/mol. The van der Waals surface area contributed by atoms with Crippen molar-refractivity contribution in [2.45, 2.75) is 45.1 Å². The molecule has 150 valence electrons. The van der Waals surface area contributed by atoms with Gasteiger partial charge in [0, 0.05) is 17.4 Å². The van der Waals surface area contributed by atoms with Gasteiger partial charge in [-0.15, -0.1) is 0 Å². The number of pyridine rings is 1. The average Bonchev–Trinajstić information content (AvgIpc) is 2.75. The summed E-state index contributed by atoms with van der Waals surface area (Å²) < 4.78 is 6.61. The second kappa shape index (κ2) is 8.03. The SMILES string of the molecule is CC[C@H](C(=O)Nc1cccc(OC)c1)n1cnc2nc3c(cc2c1=O)CCCC3. The topological polar surface area (TPSA) is 86.1 Å². The van der Waals surface area contributed by atoms with Crippen molar-refractivity contribution in [2.75, 3.05) is 12.4 Å². The minimum absolute atomic E-state index is 0.233. The molecule has 2 heterocycles. The van der Waals surface area contributed by atoms with E-state index in [0.29, 0.717) is 28.9 Å². The number of hydrogen-bond acceptors (Lipinski definition) is 5. The number of methoxy groups -OCH3 is 1. The van der Waals surface area contributed by atoms with Gasteiger partial charge in [0.25, 0.3) is 5.56 Å². The van der Waals surface area contributed by atoms with E-state index in [0.717, 1.165) is 36.9 Å². The molecule has 0 unspecified atom stereocenters. The molecule has 1 atom stereocenters. The number of amides is 1. The summed E-state index contributed by atoms with van der Waals surface area (Å²) in [5, 5.41) is 3.34. The van der Waals surface area contributed by atoms with Crippen molar-refractivity contribution < 1.29 is 9.53 Å². The number of hydrogen-bond donors (Lipinski definition) is 1. The summed E-state index contributed by atoms with van der Waals surface area (Å²) in [7, 11) is 1.57. The number of rotatable bonds is 5. The van der Waals surface area contributed by atoms with Crippen LogP contribution in [-0.4, -0.2) is 27.6 Å². The zero-order chi connectivity index (χ0) is 20.4. The molecule has 1 N–H and O–H groups in total. The van der Waals surface area contributed by atoms with Gasteiger partial charge in [-0.25, -0.2) is 9.97 Å². The van der Waals surface area contributed by atoms with Crippen LogP contribution >= 0.6 is 0 Å². The quantitative estimate of drug-likeness (QED) is 0.720. The number of fused-ring (bicyclic) bond motifs is 2. The van der Waals surface area contributed by atoms with Crippen molar-refractivity contribution in [3.63, 3.8) is 0 Å². The zero-order valence-corrected chi connectivity index (χ0v) is 16.6. The Labute approximate surface area is 168 Å². The van der Waals surface area contributed by atoms with Crippen LogP contribution in [0.25, 0.3) is 11.0 Å². The molecule has 0 fully saturated rings. The van der Waals surface area contributed by atoms with E-state index in [1.165, 1.54) is 10.9 Å². The molecular weight excluding hydrogens is 368 g/mol. The van der Waals surface area contributed by atoms with Crippen LogP contribution in [0.5, 0.6) is 5.75 Å². The van der Waals surface area contributed by atoms with Gasteiger partial charge in [-0.1, -0.05) is 13.0 Å². The summed E-state index contributed by atoms with van der Waals surface area (Å²) in [4.78, 5) is 35.0. The normalized spacial score (nSPS) is 14.3. The molecule has 0 saturated heterocycles. The second-order valence-electron chi connectivity index (χ2n) is 7.27. The fraction of sp³-hybridized carbons (Fsp3) is 0.364. The summed E-state index contributed by atoms with van der Waals surface area (Å²) in [5.74, 6) is 0.381. The Kier molecular flexibility index (Phi) is 5.29. The highest BCUT2D eigenvalue weighted by atomic mass is 16.5. The molecule has 0 aliphatic heterocycles. The molecule has 7 heteroatoms. The van der Waals surface area contributed by atoms with Crippen LogP contribution in [0.4, 0.5) is 5.69 Å². The van der Waals surface area contributed by atoms with Crippen molar-refractivity contribution >= 4 is 22.6 Å². The molecule has 4 rings (SSSR count). The first-order chi connectivity index (χ1) is 14.1. The van der Waals surface area contributed by atoms with Crippen molar-refractivity contribution in [3.05, 3.63) is 58.3 Å². The molecule has 1 aromatic carbocycles. The first-order valence-electron chi connectivity index (χ1n) is 9.95. The summed E-state index contributed by atoms with van der Waals surface area (Å²) >= 11 is 0. The highest BCUT2D eigenvalue weighted by molar-refractivity contribution is 5.94. The number of carbonyl (C=O) groups excluding carboxylic acids is 1. The summed E-state index contributed by atoms with van der Waals surface area (Å²) in [6.07, 6.45) is 5.98. The molecule has 2 aromatic heterocycles. The third-order valence-electron chi connectivity index (χ3n) is 5.41. The maximum Gasteiger partial charge on any atom is 0.263 e. The van der Waals surface area contributed by atoms with E-state index < -0.39 is 6.04 Å². The van der Waals surface area contributed by atoms with Gasteiger partial charge in [0.15, 0.2) is 5.65 Å². The third kappa shape index (κ3) is 3.72. The Morgan fingerprint density at radius 1 is 1.28 bits per heavy atom. The lowest BCUT2D eigenvalue weighted by Crippen LogP contribution is -2.33. The molecule has 1 aliphatic rings. The maximum atomic E-state index is 13.2. The number of nitrogens with one attached hydrogen (secondary N) is 1. The average molecular weight is 392 g/mol. The lowest BCUT2D eigenvalue weighted by Gasteiger charge is -2.19. The predicted octanol–water partition coefficient (Wildman–Crippen LogP) is 3.27. The van der Waals surface area contributed by atoms with Gasteiger partial charge in [0.05, 0.1) is 12.5 Å².